The molecule has 2 aromatic heterocycles. The van der Waals surface area contributed by atoms with E-state index in [1.54, 1.807) is 4.57 Å². The molecular weight excluding hydrogens is 406 g/mol. The first-order chi connectivity index (χ1) is 11.9. The zero-order chi connectivity index (χ0) is 18.0. The Morgan fingerprint density at radius 1 is 1.40 bits per heavy atom. The molecule has 0 fully saturated rings. The molecule has 0 radical (unpaired) electrons. The van der Waals surface area contributed by atoms with Crippen molar-refractivity contribution in [2.24, 2.45) is 0 Å². The minimum absolute atomic E-state index is 0.0649. The Kier molecular flexibility index (Phi) is 4.95. The number of aryl methyl sites for hydroxylation is 1. The number of carbonyl (C=O) groups excluding carboxylic acids is 1. The van der Waals surface area contributed by atoms with E-state index in [0.717, 1.165) is 11.1 Å². The van der Waals surface area contributed by atoms with Crippen LogP contribution in [0.15, 0.2) is 45.8 Å². The third-order valence-corrected chi connectivity index (χ3v) is 4.25. The van der Waals surface area contributed by atoms with Crippen molar-refractivity contribution in [1.29, 1.82) is 0 Å². The van der Waals surface area contributed by atoms with E-state index in [4.69, 9.17) is 12.2 Å². The molecule has 0 atom stereocenters. The molecule has 0 bridgehead atoms. The summed E-state index contributed by atoms with van der Waals surface area (Å²) in [6, 6.07) is 9.27. The van der Waals surface area contributed by atoms with Crippen LogP contribution in [0.3, 0.4) is 0 Å². The Labute approximate surface area is 156 Å². The molecule has 128 valence electrons. The van der Waals surface area contributed by atoms with Crippen LogP contribution in [-0.2, 0) is 11.3 Å². The van der Waals surface area contributed by atoms with E-state index in [-0.39, 0.29) is 23.7 Å². The number of anilines is 1. The lowest BCUT2D eigenvalue weighted by Crippen LogP contribution is -2.23. The Morgan fingerprint density at radius 2 is 2.20 bits per heavy atom. The van der Waals surface area contributed by atoms with E-state index < -0.39 is 0 Å². The second-order valence-electron chi connectivity index (χ2n) is 5.42. The number of H-pyrrole nitrogens is 2. The summed E-state index contributed by atoms with van der Waals surface area (Å²) in [6.45, 7) is 1.91. The molecule has 0 spiro atoms. The number of benzene rings is 1. The van der Waals surface area contributed by atoms with Gasteiger partial charge >= 0.3 is 0 Å². The molecule has 0 aliphatic carbocycles. The largest absolute Gasteiger partial charge is 0.326 e. The van der Waals surface area contributed by atoms with Crippen LogP contribution in [0.1, 0.15) is 5.56 Å². The summed E-state index contributed by atoms with van der Waals surface area (Å²) in [5, 5.41) is 9.50. The molecule has 1 amide bonds. The summed E-state index contributed by atoms with van der Waals surface area (Å²) in [5.41, 5.74) is 1.70. The second-order valence-corrected chi connectivity index (χ2v) is 6.72. The number of hydrogen-bond acceptors (Lipinski definition) is 4. The van der Waals surface area contributed by atoms with Gasteiger partial charge in [0.15, 0.2) is 10.6 Å². The van der Waals surface area contributed by atoms with E-state index >= 15 is 0 Å². The highest BCUT2D eigenvalue weighted by Gasteiger charge is 2.13. The number of aromatic amines is 2. The predicted molar refractivity (Wildman–Crippen MR) is 101 cm³/mol. The molecule has 2 heterocycles. The summed E-state index contributed by atoms with van der Waals surface area (Å²) >= 11 is 8.47. The minimum Gasteiger partial charge on any atom is -0.326 e. The van der Waals surface area contributed by atoms with Crippen LogP contribution in [0.4, 0.5) is 5.69 Å². The standard InChI is InChI=1S/C16H14BrN5O2S/c1-9-3-2-4-10(5-9)14-20-21-16(25)22(14)8-13(23)19-12-6-11(17)7-18-15(12)24/h2-7H,8H2,1H3,(H,18,24)(H,19,23)(H,21,25). The van der Waals surface area contributed by atoms with Gasteiger partial charge in [-0.25, -0.2) is 0 Å². The van der Waals surface area contributed by atoms with E-state index in [1.165, 1.54) is 12.3 Å². The lowest BCUT2D eigenvalue weighted by molar-refractivity contribution is -0.116. The molecule has 0 saturated heterocycles. The van der Waals surface area contributed by atoms with E-state index in [2.05, 4.69) is 36.4 Å². The number of carbonyl (C=O) groups is 1. The van der Waals surface area contributed by atoms with Gasteiger partial charge in [0.2, 0.25) is 5.91 Å². The van der Waals surface area contributed by atoms with Crippen LogP contribution < -0.4 is 10.9 Å². The molecule has 7 nitrogen and oxygen atoms in total. The van der Waals surface area contributed by atoms with Crippen molar-refractivity contribution in [3.8, 4) is 11.4 Å². The van der Waals surface area contributed by atoms with Crippen LogP contribution in [0.25, 0.3) is 11.4 Å². The first kappa shape index (κ1) is 17.3. The van der Waals surface area contributed by atoms with Crippen molar-refractivity contribution in [2.45, 2.75) is 13.5 Å². The summed E-state index contributed by atoms with van der Waals surface area (Å²) in [5.74, 6) is 0.182. The monoisotopic (exact) mass is 419 g/mol. The molecule has 3 rings (SSSR count). The highest BCUT2D eigenvalue weighted by Crippen LogP contribution is 2.18. The lowest BCUT2D eigenvalue weighted by Gasteiger charge is -2.08. The molecule has 25 heavy (non-hydrogen) atoms. The maximum atomic E-state index is 12.4. The van der Waals surface area contributed by atoms with E-state index in [1.807, 2.05) is 31.2 Å². The Morgan fingerprint density at radius 3 is 2.96 bits per heavy atom. The maximum absolute atomic E-state index is 12.4. The SMILES string of the molecule is Cc1cccc(-c2n[nH]c(=S)n2CC(=O)Nc2cc(Br)c[nH]c2=O)c1. The molecule has 0 saturated carbocycles. The first-order valence-corrected chi connectivity index (χ1v) is 8.54. The fourth-order valence-electron chi connectivity index (χ4n) is 2.35. The van der Waals surface area contributed by atoms with Gasteiger partial charge in [0, 0.05) is 16.2 Å². The molecule has 9 heteroatoms. The van der Waals surface area contributed by atoms with Gasteiger partial charge in [-0.15, -0.1) is 0 Å². The minimum atomic E-state index is -0.383. The molecule has 0 aliphatic heterocycles. The molecule has 1 aromatic carbocycles. The number of rotatable bonds is 4. The number of aromatic nitrogens is 4. The van der Waals surface area contributed by atoms with Crippen LogP contribution in [-0.4, -0.2) is 25.7 Å². The number of nitrogens with one attached hydrogen (secondary N) is 3. The normalized spacial score (nSPS) is 10.6. The number of pyridine rings is 1. The quantitative estimate of drug-likeness (QED) is 0.566. The number of amides is 1. The number of halogens is 1. The average molecular weight is 420 g/mol. The van der Waals surface area contributed by atoms with E-state index in [0.29, 0.717) is 15.1 Å². The number of hydrogen-bond donors (Lipinski definition) is 3. The van der Waals surface area contributed by atoms with Crippen molar-refractivity contribution >= 4 is 39.7 Å². The number of nitrogens with zero attached hydrogens (tertiary/aromatic N) is 2. The average Bonchev–Trinajstić information content (AvgIpc) is 2.92. The molecule has 0 aliphatic rings. The third kappa shape index (κ3) is 3.94. The summed E-state index contributed by atoms with van der Waals surface area (Å²) in [4.78, 5) is 26.6. The van der Waals surface area contributed by atoms with Crippen molar-refractivity contribution in [3.05, 3.63) is 61.7 Å². The highest BCUT2D eigenvalue weighted by atomic mass is 79.9. The van der Waals surface area contributed by atoms with Crippen molar-refractivity contribution in [2.75, 3.05) is 5.32 Å². The first-order valence-electron chi connectivity index (χ1n) is 7.34. The third-order valence-electron chi connectivity index (χ3n) is 3.48. The van der Waals surface area contributed by atoms with Gasteiger partial charge in [-0.1, -0.05) is 23.8 Å². The van der Waals surface area contributed by atoms with Crippen LogP contribution in [0, 0.1) is 11.7 Å². The van der Waals surface area contributed by atoms with Crippen molar-refractivity contribution in [1.82, 2.24) is 19.7 Å². The Bertz CT molecular complexity index is 1050. The molecular formula is C16H14BrN5O2S. The van der Waals surface area contributed by atoms with Gasteiger partial charge in [0.05, 0.1) is 0 Å². The van der Waals surface area contributed by atoms with Gasteiger partial charge in [-0.2, -0.15) is 5.10 Å². The molecule has 3 aromatic rings. The van der Waals surface area contributed by atoms with Gasteiger partial charge in [-0.3, -0.25) is 19.3 Å². The van der Waals surface area contributed by atoms with Gasteiger partial charge in [0.25, 0.3) is 5.56 Å². The molecule has 0 unspecified atom stereocenters. The van der Waals surface area contributed by atoms with Gasteiger partial charge < -0.3 is 10.3 Å². The Balaban J connectivity index is 1.87. The van der Waals surface area contributed by atoms with Crippen LogP contribution >= 0.6 is 28.1 Å². The van der Waals surface area contributed by atoms with Crippen LogP contribution in [0.2, 0.25) is 0 Å². The van der Waals surface area contributed by atoms with Crippen molar-refractivity contribution in [3.63, 3.8) is 0 Å². The predicted octanol–water partition coefficient (Wildman–Crippen LogP) is 3.01. The fourth-order valence-corrected chi connectivity index (χ4v) is 2.89. The van der Waals surface area contributed by atoms with Gasteiger partial charge in [-0.05, 0) is 47.2 Å². The highest BCUT2D eigenvalue weighted by molar-refractivity contribution is 9.10. The summed E-state index contributed by atoms with van der Waals surface area (Å²) in [6.07, 6.45) is 1.50. The Hall–Kier alpha value is -2.52. The van der Waals surface area contributed by atoms with Crippen LogP contribution in [0.5, 0.6) is 0 Å². The fraction of sp³-hybridized carbons (Fsp3) is 0.125. The zero-order valence-corrected chi connectivity index (χ0v) is 15.6. The van der Waals surface area contributed by atoms with Crippen molar-refractivity contribution < 1.29 is 4.79 Å². The second kappa shape index (κ2) is 7.16. The topological polar surface area (TPSA) is 95.6 Å². The van der Waals surface area contributed by atoms with Gasteiger partial charge in [0.1, 0.15) is 12.2 Å². The van der Waals surface area contributed by atoms with E-state index in [9.17, 15) is 9.59 Å². The summed E-state index contributed by atoms with van der Waals surface area (Å²) in [7, 11) is 0. The summed E-state index contributed by atoms with van der Waals surface area (Å²) < 4.78 is 2.57. The molecule has 3 N–H and O–H groups in total. The smallest absolute Gasteiger partial charge is 0.271 e. The lowest BCUT2D eigenvalue weighted by atomic mass is 10.1. The maximum Gasteiger partial charge on any atom is 0.271 e. The zero-order valence-electron chi connectivity index (χ0n) is 13.2.